The molecule has 9 heavy (non-hydrogen) atoms. The molecule has 0 aromatic heterocycles. The Morgan fingerprint density at radius 1 is 1.56 bits per heavy atom. The lowest BCUT2D eigenvalue weighted by Gasteiger charge is -2.20. The summed E-state index contributed by atoms with van der Waals surface area (Å²) < 4.78 is 0.664. The highest BCUT2D eigenvalue weighted by Gasteiger charge is 2.40. The van der Waals surface area contributed by atoms with Gasteiger partial charge in [0.05, 0.1) is 0 Å². The highest BCUT2D eigenvalue weighted by Crippen LogP contribution is 2.49. The third-order valence-electron chi connectivity index (χ3n) is 2.60. The zero-order valence-electron chi connectivity index (χ0n) is 5.44. The lowest BCUT2D eigenvalue weighted by atomic mass is 10.0. The van der Waals surface area contributed by atoms with Crippen LogP contribution in [0.2, 0.25) is 0 Å². The maximum Gasteiger partial charge on any atom is 0.0319 e. The second-order valence-electron chi connectivity index (χ2n) is 3.17. The molecule has 2 unspecified atom stereocenters. The molecule has 0 bridgehead atoms. The second kappa shape index (κ2) is 1.97. The van der Waals surface area contributed by atoms with Gasteiger partial charge >= 0.3 is 0 Å². The van der Waals surface area contributed by atoms with Crippen molar-refractivity contribution in [2.45, 2.75) is 29.1 Å². The zero-order valence-corrected chi connectivity index (χ0v) is 7.60. The minimum absolute atomic E-state index is 0.664. The van der Waals surface area contributed by atoms with Gasteiger partial charge in [0.25, 0.3) is 0 Å². The molecule has 0 spiro atoms. The van der Waals surface area contributed by atoms with E-state index < -0.39 is 0 Å². The highest BCUT2D eigenvalue weighted by molar-refractivity contribution is 14.1. The number of hydrogen-bond donors (Lipinski definition) is 0. The Bertz CT molecular complexity index is 151. The summed E-state index contributed by atoms with van der Waals surface area (Å²) in [4.78, 5) is 0. The van der Waals surface area contributed by atoms with Gasteiger partial charge in [-0.2, -0.15) is 0 Å². The zero-order chi connectivity index (χ0) is 6.32. The van der Waals surface area contributed by atoms with Crippen LogP contribution >= 0.6 is 22.6 Å². The van der Waals surface area contributed by atoms with Crippen molar-refractivity contribution >= 4 is 22.6 Å². The van der Waals surface area contributed by atoms with Gasteiger partial charge in [-0.25, -0.2) is 0 Å². The van der Waals surface area contributed by atoms with E-state index >= 15 is 0 Å². The Labute approximate surface area is 69.9 Å². The molecule has 0 nitrogen and oxygen atoms in total. The molecule has 2 aliphatic carbocycles. The first-order valence-electron chi connectivity index (χ1n) is 3.67. The molecule has 0 N–H and O–H groups in total. The molecule has 50 valence electrons. The van der Waals surface area contributed by atoms with E-state index in [9.17, 15) is 0 Å². The van der Waals surface area contributed by atoms with Crippen LogP contribution in [-0.2, 0) is 0 Å². The molecule has 0 aliphatic heterocycles. The van der Waals surface area contributed by atoms with Crippen LogP contribution in [0.3, 0.4) is 0 Å². The summed E-state index contributed by atoms with van der Waals surface area (Å²) in [5.74, 6) is 0.929. The summed E-state index contributed by atoms with van der Waals surface area (Å²) in [6, 6.07) is 0. The van der Waals surface area contributed by atoms with E-state index in [4.69, 9.17) is 0 Å². The summed E-state index contributed by atoms with van der Waals surface area (Å²) >= 11 is 2.66. The first kappa shape index (κ1) is 6.20. The predicted octanol–water partition coefficient (Wildman–Crippen LogP) is 2.92. The molecule has 2 atom stereocenters. The average Bonchev–Trinajstić information content (AvgIpc) is 2.22. The number of hydrogen-bond acceptors (Lipinski definition) is 0. The maximum absolute atomic E-state index is 2.66. The maximum atomic E-state index is 2.66. The standard InChI is InChI=1S/C8H11I/c9-8-5-1-3-7(8)4-2-6-8/h1,3,7H,2,4-6H2. The number of alkyl halides is 1. The minimum atomic E-state index is 0.664. The van der Waals surface area contributed by atoms with E-state index in [1.54, 1.807) is 0 Å². The lowest BCUT2D eigenvalue weighted by molar-refractivity contribution is 0.579. The lowest BCUT2D eigenvalue weighted by Crippen LogP contribution is -2.18. The van der Waals surface area contributed by atoms with Gasteiger partial charge in [-0.05, 0) is 25.2 Å². The van der Waals surface area contributed by atoms with E-state index in [1.165, 1.54) is 25.7 Å². The van der Waals surface area contributed by atoms with Crippen molar-refractivity contribution in [2.24, 2.45) is 5.92 Å². The smallest absolute Gasteiger partial charge is 0.0319 e. The molecule has 2 rings (SSSR count). The molecule has 1 saturated carbocycles. The highest BCUT2D eigenvalue weighted by atomic mass is 127. The number of halogens is 1. The summed E-state index contributed by atoms with van der Waals surface area (Å²) in [5.41, 5.74) is 0. The van der Waals surface area contributed by atoms with Crippen molar-refractivity contribution < 1.29 is 0 Å². The first-order chi connectivity index (χ1) is 4.31. The number of fused-ring (bicyclic) bond motifs is 1. The Balaban J connectivity index is 2.24. The summed E-state index contributed by atoms with van der Waals surface area (Å²) in [6.07, 6.45) is 10.5. The van der Waals surface area contributed by atoms with Crippen molar-refractivity contribution in [3.05, 3.63) is 12.2 Å². The van der Waals surface area contributed by atoms with E-state index in [0.29, 0.717) is 3.42 Å². The van der Waals surface area contributed by atoms with E-state index in [0.717, 1.165) is 5.92 Å². The van der Waals surface area contributed by atoms with Crippen LogP contribution in [0.25, 0.3) is 0 Å². The number of allylic oxidation sites excluding steroid dienone is 2. The van der Waals surface area contributed by atoms with Crippen LogP contribution in [0, 0.1) is 5.92 Å². The van der Waals surface area contributed by atoms with Gasteiger partial charge < -0.3 is 0 Å². The molecule has 0 heterocycles. The fraction of sp³-hybridized carbons (Fsp3) is 0.750. The van der Waals surface area contributed by atoms with Gasteiger partial charge in [0, 0.05) is 3.42 Å². The molecule has 0 amide bonds. The Morgan fingerprint density at radius 3 is 3.22 bits per heavy atom. The fourth-order valence-corrected chi connectivity index (χ4v) is 3.16. The third-order valence-corrected chi connectivity index (χ3v) is 4.38. The van der Waals surface area contributed by atoms with Gasteiger partial charge in [-0.1, -0.05) is 41.2 Å². The van der Waals surface area contributed by atoms with E-state index in [2.05, 4.69) is 34.7 Å². The Morgan fingerprint density at radius 2 is 2.44 bits per heavy atom. The summed E-state index contributed by atoms with van der Waals surface area (Å²) in [6.45, 7) is 0. The monoisotopic (exact) mass is 234 g/mol. The van der Waals surface area contributed by atoms with Crippen LogP contribution in [0.1, 0.15) is 25.7 Å². The van der Waals surface area contributed by atoms with Gasteiger partial charge in [-0.3, -0.25) is 0 Å². The second-order valence-corrected chi connectivity index (χ2v) is 5.31. The summed E-state index contributed by atoms with van der Waals surface area (Å²) in [7, 11) is 0. The van der Waals surface area contributed by atoms with Crippen LogP contribution in [-0.4, -0.2) is 3.42 Å². The Kier molecular flexibility index (Phi) is 1.36. The van der Waals surface area contributed by atoms with Gasteiger partial charge in [0.2, 0.25) is 0 Å². The molecule has 1 heteroatoms. The van der Waals surface area contributed by atoms with Crippen LogP contribution in [0.5, 0.6) is 0 Å². The topological polar surface area (TPSA) is 0 Å². The number of rotatable bonds is 0. The molecule has 2 aliphatic rings. The van der Waals surface area contributed by atoms with Crippen molar-refractivity contribution in [1.82, 2.24) is 0 Å². The van der Waals surface area contributed by atoms with Crippen LogP contribution < -0.4 is 0 Å². The van der Waals surface area contributed by atoms with Gasteiger partial charge in [0.1, 0.15) is 0 Å². The molecule has 0 radical (unpaired) electrons. The predicted molar refractivity (Wildman–Crippen MR) is 47.8 cm³/mol. The van der Waals surface area contributed by atoms with E-state index in [1.807, 2.05) is 0 Å². The van der Waals surface area contributed by atoms with Gasteiger partial charge in [-0.15, -0.1) is 0 Å². The fourth-order valence-electron chi connectivity index (χ4n) is 2.01. The van der Waals surface area contributed by atoms with Crippen molar-refractivity contribution in [3.63, 3.8) is 0 Å². The SMILES string of the molecule is IC12CC=CC1CCC2. The quantitative estimate of drug-likeness (QED) is 0.343. The molecular weight excluding hydrogens is 223 g/mol. The molecule has 0 aromatic rings. The molecule has 0 saturated heterocycles. The molecule has 0 aromatic carbocycles. The Hall–Kier alpha value is 0.470. The normalized spacial score (nSPS) is 47.9. The summed E-state index contributed by atoms with van der Waals surface area (Å²) in [5, 5.41) is 0. The van der Waals surface area contributed by atoms with Gasteiger partial charge in [0.15, 0.2) is 0 Å². The molecule has 1 fully saturated rings. The largest absolute Gasteiger partial charge is 0.0869 e. The van der Waals surface area contributed by atoms with Crippen molar-refractivity contribution in [1.29, 1.82) is 0 Å². The average molecular weight is 234 g/mol. The van der Waals surface area contributed by atoms with Crippen LogP contribution in [0.4, 0.5) is 0 Å². The van der Waals surface area contributed by atoms with E-state index in [-0.39, 0.29) is 0 Å². The first-order valence-corrected chi connectivity index (χ1v) is 4.75. The third kappa shape index (κ3) is 0.846. The molecular formula is C8H11I. The van der Waals surface area contributed by atoms with Crippen LogP contribution in [0.15, 0.2) is 12.2 Å². The minimum Gasteiger partial charge on any atom is -0.0869 e. The van der Waals surface area contributed by atoms with Crippen molar-refractivity contribution in [2.75, 3.05) is 0 Å². The van der Waals surface area contributed by atoms with Crippen molar-refractivity contribution in [3.8, 4) is 0 Å².